The van der Waals surface area contributed by atoms with Crippen LogP contribution >= 0.6 is 11.8 Å². The molecule has 0 bridgehead atoms. The van der Waals surface area contributed by atoms with E-state index in [0.29, 0.717) is 16.7 Å². The molecule has 0 saturated carbocycles. The third-order valence-corrected chi connectivity index (χ3v) is 4.69. The van der Waals surface area contributed by atoms with Crippen LogP contribution in [0.2, 0.25) is 0 Å². The molecule has 120 valence electrons. The van der Waals surface area contributed by atoms with Gasteiger partial charge in [-0.1, -0.05) is 48.5 Å². The average Bonchev–Trinajstić information content (AvgIpc) is 2.60. The minimum Gasteiger partial charge on any atom is -0.346 e. The summed E-state index contributed by atoms with van der Waals surface area (Å²) in [5.41, 5.74) is 8.07. The summed E-state index contributed by atoms with van der Waals surface area (Å²) in [6.07, 6.45) is 1.78. The first-order valence-corrected chi connectivity index (χ1v) is 8.38. The second-order valence-electron chi connectivity index (χ2n) is 5.42. The van der Waals surface area contributed by atoms with E-state index in [1.165, 1.54) is 16.7 Å². The molecule has 0 aliphatic carbocycles. The van der Waals surface area contributed by atoms with Gasteiger partial charge >= 0.3 is 0 Å². The predicted molar refractivity (Wildman–Crippen MR) is 94.4 cm³/mol. The number of ketones is 1. The summed E-state index contributed by atoms with van der Waals surface area (Å²) in [6.45, 7) is 0. The molecule has 2 N–H and O–H groups in total. The lowest BCUT2D eigenvalue weighted by molar-refractivity contribution is -0.131. The first-order chi connectivity index (χ1) is 10.9. The van der Waals surface area contributed by atoms with Crippen molar-refractivity contribution in [3.63, 3.8) is 0 Å². The summed E-state index contributed by atoms with van der Waals surface area (Å²) in [5.74, 6) is -0.303. The van der Waals surface area contributed by atoms with Gasteiger partial charge in [0.05, 0.1) is 0 Å². The number of nitrogens with two attached hydrogens (primary N) is 1. The van der Waals surface area contributed by atoms with Crippen molar-refractivity contribution in [2.24, 2.45) is 5.73 Å². The Morgan fingerprint density at radius 3 is 2.17 bits per heavy atom. The van der Waals surface area contributed by atoms with Gasteiger partial charge in [-0.2, -0.15) is 0 Å². The van der Waals surface area contributed by atoms with Crippen molar-refractivity contribution in [2.75, 3.05) is 20.4 Å². The monoisotopic (exact) mass is 328 g/mol. The average molecular weight is 328 g/mol. The van der Waals surface area contributed by atoms with Crippen molar-refractivity contribution in [2.45, 2.75) is 4.87 Å². The zero-order valence-electron chi connectivity index (χ0n) is 13.4. The minimum absolute atomic E-state index is 0.0896. The third kappa shape index (κ3) is 3.46. The minimum atomic E-state index is -1.21. The van der Waals surface area contributed by atoms with Crippen LogP contribution < -0.4 is 5.73 Å². The highest BCUT2D eigenvalue weighted by atomic mass is 32.2. The Bertz CT molecular complexity index is 716. The second kappa shape index (κ2) is 6.98. The number of nitrogens with zero attached hydrogens (tertiary/aromatic N) is 1. The van der Waals surface area contributed by atoms with Crippen LogP contribution in [0.3, 0.4) is 0 Å². The molecular formula is C18H20N2O2S. The molecule has 5 heteroatoms. The molecule has 2 rings (SSSR count). The lowest BCUT2D eigenvalue weighted by Gasteiger charge is -2.29. The fourth-order valence-corrected chi connectivity index (χ4v) is 3.03. The lowest BCUT2D eigenvalue weighted by Crippen LogP contribution is -2.48. The van der Waals surface area contributed by atoms with Gasteiger partial charge < -0.3 is 10.6 Å². The fraction of sp³-hybridized carbons (Fsp3) is 0.222. The fourth-order valence-electron chi connectivity index (χ4n) is 2.31. The van der Waals surface area contributed by atoms with Crippen LogP contribution in [0.4, 0.5) is 0 Å². The Labute approximate surface area is 140 Å². The molecule has 1 unspecified atom stereocenters. The number of likely N-dealkylation sites (N-methyl/N-ethyl adjacent to an activating group) is 1. The normalized spacial score (nSPS) is 13.2. The predicted octanol–water partition coefficient (Wildman–Crippen LogP) is 2.48. The Morgan fingerprint density at radius 1 is 1.00 bits per heavy atom. The summed E-state index contributed by atoms with van der Waals surface area (Å²) >= 11 is 1.25. The molecule has 0 aromatic heterocycles. The second-order valence-corrected chi connectivity index (χ2v) is 6.47. The highest BCUT2D eigenvalue weighted by Gasteiger charge is 2.36. The Morgan fingerprint density at radius 2 is 1.61 bits per heavy atom. The summed E-state index contributed by atoms with van der Waals surface area (Å²) in [6, 6.07) is 16.0. The molecule has 23 heavy (non-hydrogen) atoms. The van der Waals surface area contributed by atoms with E-state index in [4.69, 9.17) is 5.73 Å². The van der Waals surface area contributed by atoms with Crippen LogP contribution in [0.25, 0.3) is 0 Å². The first-order valence-electron chi connectivity index (χ1n) is 7.16. The standard InChI is InChI=1S/C18H20N2O2S/c1-20(2)17(22)18(19,23-3)15-11-7-10-14(12-15)16(21)13-8-5-4-6-9-13/h4-12H,19H2,1-3H3. The molecule has 1 atom stereocenters. The molecule has 2 aromatic carbocycles. The van der Waals surface area contributed by atoms with Crippen LogP contribution in [0.1, 0.15) is 21.5 Å². The Kier molecular flexibility index (Phi) is 5.23. The molecule has 0 aliphatic heterocycles. The summed E-state index contributed by atoms with van der Waals surface area (Å²) < 4.78 is 0. The number of rotatable bonds is 5. The van der Waals surface area contributed by atoms with Crippen LogP contribution in [0, 0.1) is 0 Å². The van der Waals surface area contributed by atoms with Gasteiger partial charge in [-0.3, -0.25) is 9.59 Å². The van der Waals surface area contributed by atoms with Crippen molar-refractivity contribution >= 4 is 23.5 Å². The van der Waals surface area contributed by atoms with Gasteiger partial charge in [-0.05, 0) is 17.9 Å². The summed E-state index contributed by atoms with van der Waals surface area (Å²) in [5, 5.41) is 0. The highest BCUT2D eigenvalue weighted by molar-refractivity contribution is 8.00. The van der Waals surface area contributed by atoms with Crippen LogP contribution in [-0.4, -0.2) is 36.9 Å². The molecule has 0 spiro atoms. The van der Waals surface area contributed by atoms with E-state index in [0.717, 1.165) is 0 Å². The Hall–Kier alpha value is -2.11. The van der Waals surface area contributed by atoms with E-state index < -0.39 is 4.87 Å². The summed E-state index contributed by atoms with van der Waals surface area (Å²) in [7, 11) is 3.33. The smallest absolute Gasteiger partial charge is 0.257 e. The van der Waals surface area contributed by atoms with Crippen LogP contribution in [-0.2, 0) is 9.67 Å². The van der Waals surface area contributed by atoms with Gasteiger partial charge in [0.1, 0.15) is 0 Å². The maximum atomic E-state index is 12.6. The number of carbonyl (C=O) groups excluding carboxylic acids is 2. The van der Waals surface area contributed by atoms with Gasteiger partial charge in [0.25, 0.3) is 5.91 Å². The molecule has 1 amide bonds. The SMILES string of the molecule is CSC(N)(C(=O)N(C)C)c1cccc(C(=O)c2ccccc2)c1. The molecule has 0 saturated heterocycles. The molecule has 0 radical (unpaired) electrons. The Balaban J connectivity index is 2.43. The number of carbonyl (C=O) groups is 2. The van der Waals surface area contributed by atoms with Gasteiger partial charge in [-0.25, -0.2) is 0 Å². The van der Waals surface area contributed by atoms with Gasteiger partial charge in [0.15, 0.2) is 10.7 Å². The maximum Gasteiger partial charge on any atom is 0.257 e. The highest BCUT2D eigenvalue weighted by Crippen LogP contribution is 2.31. The lowest BCUT2D eigenvalue weighted by atomic mass is 9.98. The zero-order chi connectivity index (χ0) is 17.0. The molecule has 0 aliphatic rings. The van der Waals surface area contributed by atoms with E-state index >= 15 is 0 Å². The largest absolute Gasteiger partial charge is 0.346 e. The molecular weight excluding hydrogens is 308 g/mol. The molecule has 0 heterocycles. The molecule has 4 nitrogen and oxygen atoms in total. The van der Waals surface area contributed by atoms with Gasteiger partial charge in [0.2, 0.25) is 0 Å². The van der Waals surface area contributed by atoms with E-state index in [2.05, 4.69) is 0 Å². The number of hydrogen-bond acceptors (Lipinski definition) is 4. The van der Waals surface area contributed by atoms with E-state index in [9.17, 15) is 9.59 Å². The quantitative estimate of drug-likeness (QED) is 0.676. The van der Waals surface area contributed by atoms with E-state index in [1.54, 1.807) is 56.7 Å². The number of thioether (sulfide) groups is 1. The van der Waals surface area contributed by atoms with Crippen LogP contribution in [0.15, 0.2) is 54.6 Å². The van der Waals surface area contributed by atoms with Crippen molar-refractivity contribution < 1.29 is 9.59 Å². The molecule has 2 aromatic rings. The number of benzene rings is 2. The first kappa shape index (κ1) is 17.2. The summed E-state index contributed by atoms with van der Waals surface area (Å²) in [4.78, 5) is 25.3. The van der Waals surface area contributed by atoms with Crippen molar-refractivity contribution in [1.82, 2.24) is 4.90 Å². The zero-order valence-corrected chi connectivity index (χ0v) is 14.3. The maximum absolute atomic E-state index is 12.6. The van der Waals surface area contributed by atoms with E-state index in [-0.39, 0.29) is 11.7 Å². The van der Waals surface area contributed by atoms with Crippen molar-refractivity contribution in [3.8, 4) is 0 Å². The van der Waals surface area contributed by atoms with Crippen LogP contribution in [0.5, 0.6) is 0 Å². The molecule has 0 fully saturated rings. The van der Waals surface area contributed by atoms with Gasteiger partial charge in [-0.15, -0.1) is 11.8 Å². The van der Waals surface area contributed by atoms with Gasteiger partial charge in [0, 0.05) is 25.2 Å². The van der Waals surface area contributed by atoms with Crippen molar-refractivity contribution in [1.29, 1.82) is 0 Å². The number of amides is 1. The topological polar surface area (TPSA) is 63.4 Å². The van der Waals surface area contributed by atoms with Crippen molar-refractivity contribution in [3.05, 3.63) is 71.3 Å². The number of hydrogen-bond donors (Lipinski definition) is 1. The third-order valence-electron chi connectivity index (χ3n) is 3.64. The van der Waals surface area contributed by atoms with E-state index in [1.807, 2.05) is 18.2 Å².